The molecule has 2 saturated heterocycles. The Morgan fingerprint density at radius 1 is 1.29 bits per heavy atom. The molecule has 14 heavy (non-hydrogen) atoms. The second-order valence-electron chi connectivity index (χ2n) is 4.00. The topological polar surface area (TPSA) is 36.9 Å². The average molecular weight is 206 g/mol. The number of halogens is 1. The van der Waals surface area contributed by atoms with Gasteiger partial charge in [-0.3, -0.25) is 0 Å². The molecular formula is C9H15FO4. The highest BCUT2D eigenvalue weighted by Gasteiger charge is 2.55. The molecule has 0 bridgehead atoms. The molecule has 0 aromatic carbocycles. The van der Waals surface area contributed by atoms with E-state index >= 15 is 0 Å². The molecule has 3 unspecified atom stereocenters. The van der Waals surface area contributed by atoms with Crippen LogP contribution in [0.2, 0.25) is 0 Å². The van der Waals surface area contributed by atoms with E-state index in [4.69, 9.17) is 18.9 Å². The van der Waals surface area contributed by atoms with E-state index in [1.165, 1.54) is 7.11 Å². The normalized spacial score (nSPS) is 45.4. The lowest BCUT2D eigenvalue weighted by molar-refractivity contribution is -0.228. The van der Waals surface area contributed by atoms with Gasteiger partial charge in [-0.25, -0.2) is 4.39 Å². The minimum Gasteiger partial charge on any atom is -0.353 e. The Kier molecular flexibility index (Phi) is 2.51. The van der Waals surface area contributed by atoms with Gasteiger partial charge in [-0.2, -0.15) is 0 Å². The van der Waals surface area contributed by atoms with E-state index in [2.05, 4.69) is 0 Å². The molecule has 2 rings (SSSR count). The summed E-state index contributed by atoms with van der Waals surface area (Å²) in [6.45, 7) is 3.02. The maximum atomic E-state index is 12.6. The summed E-state index contributed by atoms with van der Waals surface area (Å²) in [6, 6.07) is 0. The van der Waals surface area contributed by atoms with Crippen LogP contribution >= 0.6 is 0 Å². The van der Waals surface area contributed by atoms with E-state index in [0.29, 0.717) is 0 Å². The van der Waals surface area contributed by atoms with Crippen LogP contribution in [-0.2, 0) is 18.9 Å². The zero-order chi connectivity index (χ0) is 10.3. The smallest absolute Gasteiger partial charge is 0.186 e. The third-order valence-electron chi connectivity index (χ3n) is 2.49. The zero-order valence-corrected chi connectivity index (χ0v) is 8.53. The first-order valence-electron chi connectivity index (χ1n) is 4.67. The molecule has 2 fully saturated rings. The molecule has 2 aliphatic heterocycles. The fourth-order valence-corrected chi connectivity index (χ4v) is 1.96. The predicted octanol–water partition coefficient (Wildman–Crippen LogP) is 0.847. The van der Waals surface area contributed by atoms with Gasteiger partial charge in [0.1, 0.15) is 25.0 Å². The molecule has 0 spiro atoms. The number of fused-ring (bicyclic) bond motifs is 1. The molecule has 0 aromatic rings. The number of hydrogen-bond donors (Lipinski definition) is 0. The molecule has 0 aliphatic carbocycles. The van der Waals surface area contributed by atoms with Gasteiger partial charge in [0.05, 0.1) is 0 Å². The fraction of sp³-hybridized carbons (Fsp3) is 1.00. The Hall–Kier alpha value is -0.230. The van der Waals surface area contributed by atoms with Crippen LogP contribution in [-0.4, -0.2) is 44.2 Å². The summed E-state index contributed by atoms with van der Waals surface area (Å²) in [5.74, 6) is -0.677. The lowest BCUT2D eigenvalue weighted by Gasteiger charge is -2.22. The van der Waals surface area contributed by atoms with Crippen LogP contribution in [0.1, 0.15) is 13.8 Å². The summed E-state index contributed by atoms with van der Waals surface area (Å²) in [5, 5.41) is 0. The first-order chi connectivity index (χ1) is 6.57. The van der Waals surface area contributed by atoms with Crippen LogP contribution in [0.25, 0.3) is 0 Å². The molecular weight excluding hydrogens is 191 g/mol. The van der Waals surface area contributed by atoms with E-state index in [9.17, 15) is 4.39 Å². The third kappa shape index (κ3) is 1.54. The molecule has 0 aromatic heterocycles. The van der Waals surface area contributed by atoms with E-state index in [1.807, 2.05) is 0 Å². The van der Waals surface area contributed by atoms with Crippen molar-refractivity contribution >= 4 is 0 Å². The Morgan fingerprint density at radius 3 is 2.50 bits per heavy atom. The fourth-order valence-electron chi connectivity index (χ4n) is 1.96. The maximum Gasteiger partial charge on any atom is 0.186 e. The van der Waals surface area contributed by atoms with Crippen molar-refractivity contribution in [1.82, 2.24) is 0 Å². The Labute approximate surface area is 82.3 Å². The molecule has 0 saturated carbocycles. The van der Waals surface area contributed by atoms with Crippen molar-refractivity contribution < 1.29 is 23.3 Å². The largest absolute Gasteiger partial charge is 0.353 e. The summed E-state index contributed by atoms with van der Waals surface area (Å²) in [7, 11) is 1.51. The molecule has 82 valence electrons. The second kappa shape index (κ2) is 3.41. The SMILES string of the molecule is COC1O[C@H](CF)C2OC(C)(C)OC12. The van der Waals surface area contributed by atoms with Gasteiger partial charge in [-0.05, 0) is 13.8 Å². The second-order valence-corrected chi connectivity index (χ2v) is 4.00. The highest BCUT2D eigenvalue weighted by Crippen LogP contribution is 2.38. The summed E-state index contributed by atoms with van der Waals surface area (Å²) in [4.78, 5) is 0. The number of hydrogen-bond acceptors (Lipinski definition) is 4. The standard InChI is InChI=1S/C9H15FO4/c1-9(2)13-6-5(4-10)12-8(11-3)7(6)14-9/h5-8H,4H2,1-3H3/t5-,6?,7?,8?/m1/s1. The van der Waals surface area contributed by atoms with Gasteiger partial charge < -0.3 is 18.9 Å². The molecule has 0 radical (unpaired) electrons. The first-order valence-corrected chi connectivity index (χ1v) is 4.67. The van der Waals surface area contributed by atoms with Gasteiger partial charge >= 0.3 is 0 Å². The highest BCUT2D eigenvalue weighted by atomic mass is 19.1. The monoisotopic (exact) mass is 206 g/mol. The van der Waals surface area contributed by atoms with Crippen molar-refractivity contribution in [1.29, 1.82) is 0 Å². The lowest BCUT2D eigenvalue weighted by Crippen LogP contribution is -2.31. The summed E-state index contributed by atoms with van der Waals surface area (Å²) in [5.41, 5.74) is 0. The van der Waals surface area contributed by atoms with Crippen LogP contribution in [0.3, 0.4) is 0 Å². The lowest BCUT2D eigenvalue weighted by atomic mass is 10.1. The predicted molar refractivity (Wildman–Crippen MR) is 45.5 cm³/mol. The summed E-state index contributed by atoms with van der Waals surface area (Å²) >= 11 is 0. The van der Waals surface area contributed by atoms with Crippen molar-refractivity contribution in [2.75, 3.05) is 13.8 Å². The van der Waals surface area contributed by atoms with Gasteiger partial charge in [0.15, 0.2) is 12.1 Å². The molecule has 4 atom stereocenters. The highest BCUT2D eigenvalue weighted by molar-refractivity contribution is 4.94. The van der Waals surface area contributed by atoms with Gasteiger partial charge in [0, 0.05) is 7.11 Å². The quantitative estimate of drug-likeness (QED) is 0.671. The Balaban J connectivity index is 2.12. The van der Waals surface area contributed by atoms with Crippen LogP contribution in [0.4, 0.5) is 4.39 Å². The van der Waals surface area contributed by atoms with Crippen molar-refractivity contribution in [3.63, 3.8) is 0 Å². The van der Waals surface area contributed by atoms with Crippen LogP contribution in [0.5, 0.6) is 0 Å². The molecule has 2 aliphatic rings. The first kappa shape index (κ1) is 10.3. The van der Waals surface area contributed by atoms with Crippen LogP contribution in [0, 0.1) is 0 Å². The molecule has 0 N–H and O–H groups in total. The van der Waals surface area contributed by atoms with Crippen molar-refractivity contribution in [3.05, 3.63) is 0 Å². The van der Waals surface area contributed by atoms with E-state index in [0.717, 1.165) is 0 Å². The molecule has 2 heterocycles. The van der Waals surface area contributed by atoms with Gasteiger partial charge in [-0.1, -0.05) is 0 Å². The molecule has 4 nitrogen and oxygen atoms in total. The van der Waals surface area contributed by atoms with Gasteiger partial charge in [0.2, 0.25) is 0 Å². The van der Waals surface area contributed by atoms with Crippen molar-refractivity contribution in [2.45, 2.75) is 44.2 Å². The minimum absolute atomic E-state index is 0.323. The van der Waals surface area contributed by atoms with Gasteiger partial charge in [-0.15, -0.1) is 0 Å². The number of methoxy groups -OCH3 is 1. The number of alkyl halides is 1. The van der Waals surface area contributed by atoms with Crippen LogP contribution < -0.4 is 0 Å². The van der Waals surface area contributed by atoms with Crippen molar-refractivity contribution in [2.24, 2.45) is 0 Å². The summed E-state index contributed by atoms with van der Waals surface area (Å²) < 4.78 is 34.0. The third-order valence-corrected chi connectivity index (χ3v) is 2.49. The zero-order valence-electron chi connectivity index (χ0n) is 8.53. The number of rotatable bonds is 2. The van der Waals surface area contributed by atoms with Crippen molar-refractivity contribution in [3.8, 4) is 0 Å². The summed E-state index contributed by atoms with van der Waals surface area (Å²) in [6.07, 6.45) is -1.79. The Morgan fingerprint density at radius 2 is 1.93 bits per heavy atom. The average Bonchev–Trinajstić information content (AvgIpc) is 2.57. The number of ether oxygens (including phenoxy) is 4. The molecule has 0 amide bonds. The van der Waals surface area contributed by atoms with Gasteiger partial charge in [0.25, 0.3) is 0 Å². The molecule has 5 heteroatoms. The van der Waals surface area contributed by atoms with Crippen LogP contribution in [0.15, 0.2) is 0 Å². The Bertz CT molecular complexity index is 201. The maximum absolute atomic E-state index is 12.6. The van der Waals surface area contributed by atoms with E-state index in [-0.39, 0.29) is 12.2 Å². The van der Waals surface area contributed by atoms with E-state index < -0.39 is 24.9 Å². The van der Waals surface area contributed by atoms with E-state index in [1.54, 1.807) is 13.8 Å². The minimum atomic E-state index is -0.677.